The third kappa shape index (κ3) is 6.82. The molecule has 2 atom stereocenters. The number of fused-ring (bicyclic) bond motifs is 2. The fourth-order valence-corrected chi connectivity index (χ4v) is 4.89. The van der Waals surface area contributed by atoms with Crippen LogP contribution in [0, 0.1) is 22.6 Å². The highest BCUT2D eigenvalue weighted by molar-refractivity contribution is 6.06. The second-order valence-electron chi connectivity index (χ2n) is 10.8. The van der Waals surface area contributed by atoms with Crippen LogP contribution in [0.3, 0.4) is 0 Å². The van der Waals surface area contributed by atoms with Gasteiger partial charge in [-0.1, -0.05) is 64.1 Å². The van der Waals surface area contributed by atoms with Gasteiger partial charge in [0.05, 0.1) is 12.1 Å². The molecule has 1 N–H and O–H groups in total. The summed E-state index contributed by atoms with van der Waals surface area (Å²) in [6.45, 7) is 9.75. The molecule has 3 aromatic rings. The van der Waals surface area contributed by atoms with Crippen molar-refractivity contribution in [1.82, 2.24) is 15.1 Å². The summed E-state index contributed by atoms with van der Waals surface area (Å²) in [5, 5.41) is 16.1. The number of hydrogen-bond donors (Lipinski definition) is 1. The van der Waals surface area contributed by atoms with Crippen LogP contribution in [0.5, 0.6) is 0 Å². The van der Waals surface area contributed by atoms with Gasteiger partial charge in [-0.25, -0.2) is 4.39 Å². The van der Waals surface area contributed by atoms with E-state index in [0.29, 0.717) is 31.2 Å². The molecule has 0 bridgehead atoms. The van der Waals surface area contributed by atoms with Crippen LogP contribution in [0.25, 0.3) is 10.9 Å². The third-order valence-corrected chi connectivity index (χ3v) is 6.82. The topological polar surface area (TPSA) is 87.8 Å². The molecule has 2 unspecified atom stereocenters. The van der Waals surface area contributed by atoms with E-state index in [0.717, 1.165) is 5.92 Å². The fraction of sp³-hybridized carbons (Fsp3) is 0.467. The molecule has 4 rings (SSSR count). The summed E-state index contributed by atoms with van der Waals surface area (Å²) >= 11 is 0. The van der Waals surface area contributed by atoms with Crippen LogP contribution in [0.1, 0.15) is 87.8 Å². The number of nitrogens with one attached hydrogen (secondary N) is 1. The lowest BCUT2D eigenvalue weighted by Crippen LogP contribution is -2.48. The number of benzene rings is 2. The summed E-state index contributed by atoms with van der Waals surface area (Å²) in [5.41, 5.74) is 3.04. The predicted octanol–water partition coefficient (Wildman–Crippen LogP) is 6.34. The van der Waals surface area contributed by atoms with E-state index in [-0.39, 0.29) is 17.0 Å². The first-order chi connectivity index (χ1) is 17.5. The van der Waals surface area contributed by atoms with E-state index in [1.54, 1.807) is 17.2 Å². The maximum atomic E-state index is 14.4. The van der Waals surface area contributed by atoms with Crippen molar-refractivity contribution in [1.29, 1.82) is 5.26 Å². The second kappa shape index (κ2) is 12.1. The molecule has 0 aliphatic heterocycles. The van der Waals surface area contributed by atoms with E-state index in [1.165, 1.54) is 36.6 Å². The summed E-state index contributed by atoms with van der Waals surface area (Å²) in [5.74, 6) is -0.312. The molecule has 0 fully saturated rings. The number of hydrogen-bond acceptors (Lipinski definition) is 4. The van der Waals surface area contributed by atoms with Crippen molar-refractivity contribution in [2.75, 3.05) is 0 Å². The van der Waals surface area contributed by atoms with E-state index in [9.17, 15) is 14.0 Å². The molecule has 0 saturated carbocycles. The molecule has 6 nitrogen and oxygen atoms in total. The number of halogens is 1. The normalized spacial score (nSPS) is 15.3. The Balaban J connectivity index is 0.000000313. The number of nitrogens with zero attached hydrogens (tertiary/aromatic N) is 3. The van der Waals surface area contributed by atoms with Crippen LogP contribution < -0.4 is 5.32 Å². The lowest BCUT2D eigenvalue weighted by molar-refractivity contribution is -0.121. The van der Waals surface area contributed by atoms with Crippen molar-refractivity contribution in [2.45, 2.75) is 85.2 Å². The minimum Gasteiger partial charge on any atom is -0.340 e. The van der Waals surface area contributed by atoms with Gasteiger partial charge in [-0.15, -0.1) is 0 Å². The van der Waals surface area contributed by atoms with E-state index >= 15 is 0 Å². The van der Waals surface area contributed by atoms with Gasteiger partial charge in [-0.2, -0.15) is 10.4 Å². The Morgan fingerprint density at radius 2 is 1.92 bits per heavy atom. The lowest BCUT2D eigenvalue weighted by Gasteiger charge is -2.29. The SMILES string of the molecule is CC(=O)C(NC(=O)c1nn(CCCCC#N)c2c(F)cccc12)C(C)(C)C.CC1CCc2ccccc21. The van der Waals surface area contributed by atoms with Gasteiger partial charge in [0.25, 0.3) is 5.91 Å². The van der Waals surface area contributed by atoms with Gasteiger partial charge < -0.3 is 5.32 Å². The zero-order chi connectivity index (χ0) is 27.2. The van der Waals surface area contributed by atoms with Gasteiger partial charge in [-0.05, 0) is 61.1 Å². The Labute approximate surface area is 218 Å². The highest BCUT2D eigenvalue weighted by atomic mass is 19.1. The van der Waals surface area contributed by atoms with Gasteiger partial charge in [0.15, 0.2) is 11.5 Å². The van der Waals surface area contributed by atoms with Crippen molar-refractivity contribution in [3.63, 3.8) is 0 Å². The summed E-state index contributed by atoms with van der Waals surface area (Å²) < 4.78 is 15.8. The number of para-hydroxylation sites is 1. The second-order valence-corrected chi connectivity index (χ2v) is 10.8. The summed E-state index contributed by atoms with van der Waals surface area (Å²) in [7, 11) is 0. The Morgan fingerprint density at radius 3 is 2.57 bits per heavy atom. The van der Waals surface area contributed by atoms with Crippen molar-refractivity contribution in [3.05, 3.63) is 65.1 Å². The van der Waals surface area contributed by atoms with Crippen LogP contribution in [0.15, 0.2) is 42.5 Å². The van der Waals surface area contributed by atoms with Crippen molar-refractivity contribution >= 4 is 22.6 Å². The number of aromatic nitrogens is 2. The monoisotopic (exact) mass is 504 g/mol. The first-order valence-corrected chi connectivity index (χ1v) is 13.0. The molecule has 1 aliphatic rings. The van der Waals surface area contributed by atoms with Crippen LogP contribution in [0.4, 0.5) is 4.39 Å². The zero-order valence-electron chi connectivity index (χ0n) is 22.5. The molecule has 1 aromatic heterocycles. The molecule has 0 spiro atoms. The lowest BCUT2D eigenvalue weighted by atomic mass is 9.84. The van der Waals surface area contributed by atoms with Crippen molar-refractivity contribution in [2.24, 2.45) is 5.41 Å². The van der Waals surface area contributed by atoms with Crippen molar-refractivity contribution < 1.29 is 14.0 Å². The fourth-order valence-electron chi connectivity index (χ4n) is 4.89. The van der Waals surface area contributed by atoms with Crippen molar-refractivity contribution in [3.8, 4) is 6.07 Å². The molecule has 1 amide bonds. The summed E-state index contributed by atoms with van der Waals surface area (Å²) in [6, 6.07) is 14.7. The minimum absolute atomic E-state index is 0.0975. The van der Waals surface area contributed by atoms with Gasteiger partial charge >= 0.3 is 0 Å². The number of carbonyl (C=O) groups excluding carboxylic acids is 2. The molecule has 0 radical (unpaired) electrons. The average Bonchev–Trinajstić information content (AvgIpc) is 3.41. The molecule has 37 heavy (non-hydrogen) atoms. The zero-order valence-corrected chi connectivity index (χ0v) is 22.5. The standard InChI is InChI=1S/C20H25FN4O2.C10H12/c1-13(26)18(20(2,3)4)23-19(27)16-14-9-8-10-15(21)17(14)25(24-16)12-7-5-6-11-22;1-8-6-7-9-4-2-3-5-10(8)9/h8-10,18H,5-7,12H2,1-4H3,(H,23,27);2-5,8H,6-7H2,1H3. The smallest absolute Gasteiger partial charge is 0.273 e. The predicted molar refractivity (Wildman–Crippen MR) is 144 cm³/mol. The average molecular weight is 505 g/mol. The number of ketones is 1. The number of amides is 1. The molecule has 1 heterocycles. The molecular weight excluding hydrogens is 467 g/mol. The Kier molecular flexibility index (Phi) is 9.20. The number of carbonyl (C=O) groups is 2. The van der Waals surface area contributed by atoms with Gasteiger partial charge in [-0.3, -0.25) is 14.3 Å². The van der Waals surface area contributed by atoms with E-state index < -0.39 is 23.2 Å². The van der Waals surface area contributed by atoms with E-state index in [1.807, 2.05) is 20.8 Å². The molecule has 0 saturated heterocycles. The maximum Gasteiger partial charge on any atom is 0.273 e. The molecule has 196 valence electrons. The van der Waals surface area contributed by atoms with Gasteiger partial charge in [0, 0.05) is 18.4 Å². The largest absolute Gasteiger partial charge is 0.340 e. The number of rotatable bonds is 7. The van der Waals surface area contributed by atoms with Crippen LogP contribution in [-0.4, -0.2) is 27.5 Å². The molecule has 7 heteroatoms. The third-order valence-electron chi connectivity index (χ3n) is 6.82. The van der Waals surface area contributed by atoms with Crippen LogP contribution in [-0.2, 0) is 17.8 Å². The highest BCUT2D eigenvalue weighted by Gasteiger charge is 2.32. The van der Waals surface area contributed by atoms with Gasteiger partial charge in [0.2, 0.25) is 0 Å². The molecule has 1 aliphatic carbocycles. The van der Waals surface area contributed by atoms with Crippen LogP contribution in [0.2, 0.25) is 0 Å². The minimum atomic E-state index is -0.672. The number of aryl methyl sites for hydroxylation is 2. The van der Waals surface area contributed by atoms with E-state index in [4.69, 9.17) is 5.26 Å². The number of Topliss-reactive ketones (excluding diaryl/α,β-unsaturated/α-hetero) is 1. The molecule has 2 aromatic carbocycles. The molecular formula is C30H37FN4O2. The Morgan fingerprint density at radius 1 is 1.19 bits per heavy atom. The van der Waals surface area contributed by atoms with Gasteiger partial charge in [0.1, 0.15) is 11.3 Å². The number of nitriles is 1. The quantitative estimate of drug-likeness (QED) is 0.380. The Hall–Kier alpha value is -3.53. The first-order valence-electron chi connectivity index (χ1n) is 13.0. The number of unbranched alkanes of at least 4 members (excludes halogenated alkanes) is 2. The van der Waals surface area contributed by atoms with E-state index in [2.05, 4.69) is 47.7 Å². The van der Waals surface area contributed by atoms with Crippen LogP contribution >= 0.6 is 0 Å². The maximum absolute atomic E-state index is 14.4. The Bertz CT molecular complexity index is 1300. The highest BCUT2D eigenvalue weighted by Crippen LogP contribution is 2.31. The summed E-state index contributed by atoms with van der Waals surface area (Å²) in [4.78, 5) is 24.8. The summed E-state index contributed by atoms with van der Waals surface area (Å²) in [6.07, 6.45) is 4.37. The first kappa shape index (κ1) is 28.0.